The number of phenolic OH excluding ortho intramolecular Hbond substituents is 1. The number of aromatic hydroxyl groups is 1. The highest BCUT2D eigenvalue weighted by Crippen LogP contribution is 2.53. The van der Waals surface area contributed by atoms with Crippen molar-refractivity contribution in [2.45, 2.75) is 63.6 Å². The second kappa shape index (κ2) is 12.4. The Hall–Kier alpha value is -4.36. The van der Waals surface area contributed by atoms with Crippen LogP contribution in [0.25, 0.3) is 22.2 Å². The van der Waals surface area contributed by atoms with E-state index in [1.165, 1.54) is 17.0 Å². The third-order valence-corrected chi connectivity index (χ3v) is 11.1. The standard InChI is InChI=1S/C36H39ClF2N8O3/c1-20-10-24(20)29-25(12-23(48)13-27(29)37)31-30(39)32-26(16-40-31)33(45-7-5-9-47-22(18-45)11-28(43-47)34(49)44(2)3)42-35(41-32)50-19-36-6-4-8-46(36)17-21(14-36)15-38/h11-13,15-16,20,24,48H,4-10,14,17-19H2,1-3H3/b21-15-/t20-,24+,36?/m1/s1. The second-order valence-electron chi connectivity index (χ2n) is 14.4. The quantitative estimate of drug-likeness (QED) is 0.244. The maximum Gasteiger partial charge on any atom is 0.319 e. The predicted molar refractivity (Wildman–Crippen MR) is 185 cm³/mol. The average Bonchev–Trinajstić information content (AvgIpc) is 3.37. The number of amides is 1. The number of aryl methyl sites for hydroxylation is 1. The van der Waals surface area contributed by atoms with Crippen LogP contribution in [0.2, 0.25) is 5.02 Å². The molecule has 50 heavy (non-hydrogen) atoms. The fourth-order valence-electron chi connectivity index (χ4n) is 8.04. The molecule has 1 aliphatic carbocycles. The van der Waals surface area contributed by atoms with Crippen molar-refractivity contribution >= 4 is 34.2 Å². The second-order valence-corrected chi connectivity index (χ2v) is 14.8. The molecular weight excluding hydrogens is 666 g/mol. The van der Waals surface area contributed by atoms with Crippen LogP contribution in [-0.2, 0) is 13.1 Å². The van der Waals surface area contributed by atoms with E-state index in [2.05, 4.69) is 26.9 Å². The number of hydrogen-bond donors (Lipinski definition) is 1. The number of anilines is 1. The molecule has 3 aliphatic heterocycles. The van der Waals surface area contributed by atoms with Gasteiger partial charge in [0.1, 0.15) is 29.4 Å². The van der Waals surface area contributed by atoms with E-state index in [4.69, 9.17) is 21.3 Å². The first kappa shape index (κ1) is 32.8. The van der Waals surface area contributed by atoms with E-state index >= 15 is 4.39 Å². The van der Waals surface area contributed by atoms with E-state index < -0.39 is 5.82 Å². The van der Waals surface area contributed by atoms with Crippen LogP contribution in [0.3, 0.4) is 0 Å². The summed E-state index contributed by atoms with van der Waals surface area (Å²) in [5.41, 5.74) is 2.78. The van der Waals surface area contributed by atoms with Gasteiger partial charge < -0.3 is 19.6 Å². The van der Waals surface area contributed by atoms with Crippen molar-refractivity contribution in [3.05, 3.63) is 64.1 Å². The lowest BCUT2D eigenvalue weighted by Gasteiger charge is -2.31. The SMILES string of the molecule is C[C@@H]1C[C@@H]1c1c(Cl)cc(O)cc1-c1ncc2c(N3CCCn4nc(C(=O)N(C)C)cc4C3)nc(OCC34CCCN3C/C(=C\F)C4)nc2c1F. The number of carbonyl (C=O) groups is 1. The first-order chi connectivity index (χ1) is 24.0. The molecule has 4 aromatic rings. The van der Waals surface area contributed by atoms with Gasteiger partial charge in [0.25, 0.3) is 5.91 Å². The van der Waals surface area contributed by atoms with E-state index in [1.54, 1.807) is 26.4 Å². The topological polar surface area (TPSA) is 113 Å². The molecule has 3 fully saturated rings. The minimum Gasteiger partial charge on any atom is -0.508 e. The van der Waals surface area contributed by atoms with E-state index in [0.29, 0.717) is 78.8 Å². The van der Waals surface area contributed by atoms with Crippen LogP contribution in [0, 0.1) is 11.7 Å². The number of ether oxygens (including phenoxy) is 1. The number of benzene rings is 1. The molecule has 8 rings (SSSR count). The van der Waals surface area contributed by atoms with Gasteiger partial charge in [0.2, 0.25) is 0 Å². The third-order valence-electron chi connectivity index (χ3n) is 10.7. The molecule has 0 spiro atoms. The Morgan fingerprint density at radius 3 is 2.76 bits per heavy atom. The van der Waals surface area contributed by atoms with Gasteiger partial charge in [0.15, 0.2) is 11.5 Å². The molecular formula is C36H39ClF2N8O3. The molecule has 3 aromatic heterocycles. The maximum atomic E-state index is 17.0. The van der Waals surface area contributed by atoms with E-state index in [9.17, 15) is 14.3 Å². The lowest BCUT2D eigenvalue weighted by molar-refractivity contribution is 0.0821. The highest BCUT2D eigenvalue weighted by molar-refractivity contribution is 6.32. The molecule has 262 valence electrons. The Balaban J connectivity index is 1.23. The Morgan fingerprint density at radius 1 is 1.18 bits per heavy atom. The summed E-state index contributed by atoms with van der Waals surface area (Å²) in [5.74, 6) is 0.00186. The Bertz CT molecular complexity index is 2050. The summed E-state index contributed by atoms with van der Waals surface area (Å²) in [4.78, 5) is 32.6. The zero-order valence-electron chi connectivity index (χ0n) is 28.3. The van der Waals surface area contributed by atoms with Crippen molar-refractivity contribution in [3.8, 4) is 23.0 Å². The summed E-state index contributed by atoms with van der Waals surface area (Å²) >= 11 is 6.65. The van der Waals surface area contributed by atoms with Gasteiger partial charge in [-0.1, -0.05) is 18.5 Å². The number of pyridine rings is 1. The monoisotopic (exact) mass is 704 g/mol. The van der Waals surface area contributed by atoms with Crippen LogP contribution in [0.1, 0.15) is 66.7 Å². The number of halogens is 3. The molecule has 4 aliphatic rings. The summed E-state index contributed by atoms with van der Waals surface area (Å²) in [6.07, 6.45) is 6.24. The molecule has 1 N–H and O–H groups in total. The smallest absolute Gasteiger partial charge is 0.319 e. The van der Waals surface area contributed by atoms with Crippen molar-refractivity contribution in [1.29, 1.82) is 0 Å². The summed E-state index contributed by atoms with van der Waals surface area (Å²) in [6.45, 7) is 5.27. The molecule has 0 bridgehead atoms. The van der Waals surface area contributed by atoms with E-state index in [-0.39, 0.29) is 46.9 Å². The zero-order valence-corrected chi connectivity index (χ0v) is 29.1. The fraction of sp³-hybridized carbons (Fsp3) is 0.472. The predicted octanol–water partition coefficient (Wildman–Crippen LogP) is 6.09. The molecule has 3 atom stereocenters. The van der Waals surface area contributed by atoms with Crippen LogP contribution in [0.5, 0.6) is 11.8 Å². The molecule has 1 amide bonds. The first-order valence-corrected chi connectivity index (χ1v) is 17.5. The summed E-state index contributed by atoms with van der Waals surface area (Å²) < 4.78 is 38.8. The molecule has 14 heteroatoms. The molecule has 1 saturated carbocycles. The van der Waals surface area contributed by atoms with Gasteiger partial charge in [0.05, 0.1) is 29.5 Å². The maximum absolute atomic E-state index is 17.0. The molecule has 1 unspecified atom stereocenters. The average molecular weight is 705 g/mol. The van der Waals surface area contributed by atoms with Gasteiger partial charge >= 0.3 is 6.01 Å². The Kier molecular flexibility index (Phi) is 8.17. The van der Waals surface area contributed by atoms with Crippen LogP contribution in [0.4, 0.5) is 14.6 Å². The highest BCUT2D eigenvalue weighted by atomic mass is 35.5. The fourth-order valence-corrected chi connectivity index (χ4v) is 8.40. The molecule has 11 nitrogen and oxygen atoms in total. The number of hydrogen-bond acceptors (Lipinski definition) is 9. The largest absolute Gasteiger partial charge is 0.508 e. The van der Waals surface area contributed by atoms with Gasteiger partial charge in [-0.05, 0) is 79.8 Å². The summed E-state index contributed by atoms with van der Waals surface area (Å²) in [7, 11) is 3.38. The third kappa shape index (κ3) is 5.64. The van der Waals surface area contributed by atoms with Gasteiger partial charge in [-0.3, -0.25) is 19.4 Å². The van der Waals surface area contributed by atoms with Crippen molar-refractivity contribution < 1.29 is 23.4 Å². The number of phenols is 1. The van der Waals surface area contributed by atoms with Gasteiger partial charge in [-0.2, -0.15) is 15.1 Å². The minimum atomic E-state index is -0.671. The highest BCUT2D eigenvalue weighted by Gasteiger charge is 2.47. The van der Waals surface area contributed by atoms with E-state index in [1.807, 2.05) is 9.58 Å². The number of rotatable bonds is 7. The first-order valence-electron chi connectivity index (χ1n) is 17.1. The molecule has 2 saturated heterocycles. The van der Waals surface area contributed by atoms with Crippen molar-refractivity contribution in [2.24, 2.45) is 5.92 Å². The van der Waals surface area contributed by atoms with Gasteiger partial charge in [0, 0.05) is 50.5 Å². The van der Waals surface area contributed by atoms with Crippen molar-refractivity contribution in [2.75, 3.05) is 45.2 Å². The molecule has 6 heterocycles. The lowest BCUT2D eigenvalue weighted by Crippen LogP contribution is -2.43. The number of aromatic nitrogens is 5. The van der Waals surface area contributed by atoms with Crippen molar-refractivity contribution in [3.63, 3.8) is 0 Å². The number of carbonyl (C=O) groups excluding carboxylic acids is 1. The Morgan fingerprint density at radius 2 is 2.00 bits per heavy atom. The normalized spacial score (nSPS) is 24.0. The summed E-state index contributed by atoms with van der Waals surface area (Å²) in [6, 6.07) is 4.79. The molecule has 1 aromatic carbocycles. The molecule has 0 radical (unpaired) electrons. The van der Waals surface area contributed by atoms with Crippen LogP contribution in [0.15, 0.2) is 36.3 Å². The van der Waals surface area contributed by atoms with E-state index in [0.717, 1.165) is 42.6 Å². The number of nitrogens with zero attached hydrogens (tertiary/aromatic N) is 8. The van der Waals surface area contributed by atoms with Crippen molar-refractivity contribution in [1.82, 2.24) is 34.5 Å². The minimum absolute atomic E-state index is 0.00802. The van der Waals surface area contributed by atoms with Crippen LogP contribution >= 0.6 is 11.6 Å². The van der Waals surface area contributed by atoms with Crippen LogP contribution in [-0.4, -0.2) is 91.4 Å². The van der Waals surface area contributed by atoms with Gasteiger partial charge in [-0.25, -0.2) is 8.78 Å². The van der Waals surface area contributed by atoms with Gasteiger partial charge in [-0.15, -0.1) is 0 Å². The zero-order chi connectivity index (χ0) is 34.9. The summed E-state index contributed by atoms with van der Waals surface area (Å²) in [5, 5.41) is 15.9. The van der Waals surface area contributed by atoms with Crippen LogP contribution < -0.4 is 9.64 Å². The Labute approximate surface area is 293 Å². The number of fused-ring (bicyclic) bond motifs is 3. The lowest BCUT2D eigenvalue weighted by atomic mass is 9.94.